The number of phosphoric ester groups is 1. The van der Waals surface area contributed by atoms with Crippen LogP contribution in [0.3, 0.4) is 0 Å². The highest BCUT2D eigenvalue weighted by Crippen LogP contribution is 2.36. The molecule has 8 heteroatoms. The topological polar surface area (TPSA) is 116 Å². The van der Waals surface area contributed by atoms with Gasteiger partial charge in [0, 0.05) is 6.42 Å². The van der Waals surface area contributed by atoms with Crippen molar-refractivity contribution in [2.45, 2.75) is 373 Å². The Morgan fingerprint density at radius 1 is 0.368 bits per heavy atom. The number of aliphatic hydroxyl groups is 1. The van der Waals surface area contributed by atoms with Crippen molar-refractivity contribution >= 4 is 13.7 Å². The van der Waals surface area contributed by atoms with Gasteiger partial charge in [-0.2, -0.15) is 0 Å². The van der Waals surface area contributed by atoms with Crippen LogP contribution in [0, 0.1) is 0 Å². The number of nitrogens with one attached hydrogen (secondary N) is 1. The van der Waals surface area contributed by atoms with Gasteiger partial charge in [0.15, 0.2) is 0 Å². The molecule has 2 atom stereocenters. The summed E-state index contributed by atoms with van der Waals surface area (Å²) >= 11 is 0. The lowest BCUT2D eigenvalue weighted by molar-refractivity contribution is -0.123. The smallest absolute Gasteiger partial charge is 0.391 e. The number of carbonyl (C=O) groups excluding carboxylic acids is 1. The number of hydrogen-bond donors (Lipinski definition) is 4. The van der Waals surface area contributed by atoms with E-state index in [1.165, 1.54) is 295 Å². The monoisotopic (exact) mass is 984 g/mol. The maximum Gasteiger partial charge on any atom is 0.469 e. The summed E-state index contributed by atoms with van der Waals surface area (Å²) in [5, 5.41) is 13.6. The van der Waals surface area contributed by atoms with Gasteiger partial charge in [0.2, 0.25) is 5.91 Å². The maximum absolute atomic E-state index is 12.7. The van der Waals surface area contributed by atoms with Crippen molar-refractivity contribution in [1.29, 1.82) is 0 Å². The predicted octanol–water partition coefficient (Wildman–Crippen LogP) is 20.0. The predicted molar refractivity (Wildman–Crippen MR) is 297 cm³/mol. The first-order chi connectivity index (χ1) is 33.3. The number of phosphoric acid groups is 1. The van der Waals surface area contributed by atoms with Crippen LogP contribution in [0.15, 0.2) is 0 Å². The van der Waals surface area contributed by atoms with Crippen LogP contribution in [-0.2, 0) is 13.9 Å². The van der Waals surface area contributed by atoms with Crippen molar-refractivity contribution < 1.29 is 28.8 Å². The Hall–Kier alpha value is -0.460. The Morgan fingerprint density at radius 3 is 0.794 bits per heavy atom. The van der Waals surface area contributed by atoms with Crippen LogP contribution < -0.4 is 5.32 Å². The summed E-state index contributed by atoms with van der Waals surface area (Å²) < 4.78 is 16.1. The number of unbranched alkanes of at least 4 members (excludes halogenated alkanes) is 50. The highest BCUT2D eigenvalue weighted by Gasteiger charge is 2.25. The number of aliphatic hydroxyl groups excluding tert-OH is 1. The molecule has 0 aromatic heterocycles. The maximum atomic E-state index is 12.7. The minimum absolute atomic E-state index is 0.184. The molecule has 0 rings (SSSR count). The third-order valence-corrected chi connectivity index (χ3v) is 15.3. The van der Waals surface area contributed by atoms with Crippen LogP contribution in [-0.4, -0.2) is 39.6 Å². The Balaban J connectivity index is 3.57. The summed E-state index contributed by atoms with van der Waals surface area (Å²) in [5.74, 6) is -0.184. The average molecular weight is 985 g/mol. The molecule has 408 valence electrons. The van der Waals surface area contributed by atoms with Crippen molar-refractivity contribution in [2.75, 3.05) is 6.61 Å². The Bertz CT molecular complexity index is 1020. The fourth-order valence-corrected chi connectivity index (χ4v) is 10.5. The second kappa shape index (κ2) is 55.8. The first-order valence-corrected chi connectivity index (χ1v) is 32.5. The van der Waals surface area contributed by atoms with E-state index in [4.69, 9.17) is 4.52 Å². The van der Waals surface area contributed by atoms with E-state index in [-0.39, 0.29) is 5.91 Å². The number of amides is 1. The molecule has 0 saturated carbocycles. The first kappa shape index (κ1) is 67.5. The van der Waals surface area contributed by atoms with E-state index in [9.17, 15) is 24.3 Å². The second-order valence-corrected chi connectivity index (χ2v) is 23.0. The SMILES string of the molecule is CCCCCCCCCCCCCCCCCCCCCCCCCCCCCCCCCCCCCCC(=O)N[C@@H](COP(=O)(O)O)[C@H](O)CCCCCCCCCCCCCCCCCC. The molecule has 0 aromatic carbocycles. The molecule has 0 saturated heterocycles. The molecular formula is C60H122NO6P. The standard InChI is InChI=1S/C60H122NO6P/c1-3-5-7-9-11-13-15-17-19-21-22-23-24-25-26-27-28-29-30-31-32-33-34-35-36-37-38-39-40-42-44-46-48-50-52-54-56-60(63)61-58(57-67-68(64,65)66)59(62)55-53-51-49-47-45-43-41-20-18-16-14-12-10-8-6-4-2/h58-59,62H,3-57H2,1-2H3,(H,61,63)(H2,64,65,66)/t58-,59+/m0/s1. The van der Waals surface area contributed by atoms with Gasteiger partial charge in [-0.15, -0.1) is 0 Å². The highest BCUT2D eigenvalue weighted by atomic mass is 31.2. The summed E-state index contributed by atoms with van der Waals surface area (Å²) in [6.45, 7) is 4.18. The molecule has 0 unspecified atom stereocenters. The van der Waals surface area contributed by atoms with Gasteiger partial charge in [0.05, 0.1) is 18.8 Å². The molecule has 0 aliphatic carbocycles. The lowest BCUT2D eigenvalue weighted by Crippen LogP contribution is -2.46. The third kappa shape index (κ3) is 56.5. The molecule has 7 nitrogen and oxygen atoms in total. The first-order valence-electron chi connectivity index (χ1n) is 31.0. The Labute approximate surface area is 425 Å². The molecular weight excluding hydrogens is 862 g/mol. The minimum atomic E-state index is -4.70. The van der Waals surface area contributed by atoms with Crippen molar-refractivity contribution in [3.05, 3.63) is 0 Å². The van der Waals surface area contributed by atoms with Crippen molar-refractivity contribution in [2.24, 2.45) is 0 Å². The van der Waals surface area contributed by atoms with Gasteiger partial charge in [0.1, 0.15) is 0 Å². The number of carbonyl (C=O) groups is 1. The quantitative estimate of drug-likeness (QED) is 0.0356. The van der Waals surface area contributed by atoms with E-state index in [1.54, 1.807) is 0 Å². The van der Waals surface area contributed by atoms with Crippen molar-refractivity contribution in [1.82, 2.24) is 5.32 Å². The molecule has 68 heavy (non-hydrogen) atoms. The summed E-state index contributed by atoms with van der Waals surface area (Å²) in [7, 11) is -4.70. The summed E-state index contributed by atoms with van der Waals surface area (Å²) in [6.07, 6.45) is 70.2. The average Bonchev–Trinajstić information content (AvgIpc) is 3.32. The Morgan fingerprint density at radius 2 is 0.574 bits per heavy atom. The molecule has 0 aromatic rings. The van der Waals surface area contributed by atoms with Gasteiger partial charge in [-0.05, 0) is 12.8 Å². The van der Waals surface area contributed by atoms with E-state index in [1.807, 2.05) is 0 Å². The van der Waals surface area contributed by atoms with Crippen LogP contribution in [0.4, 0.5) is 0 Å². The van der Waals surface area contributed by atoms with Gasteiger partial charge >= 0.3 is 7.82 Å². The number of rotatable bonds is 59. The Kier molecular flexibility index (Phi) is 55.5. The minimum Gasteiger partial charge on any atom is -0.391 e. The zero-order valence-corrected chi connectivity index (χ0v) is 47.0. The molecule has 1 amide bonds. The fraction of sp³-hybridized carbons (Fsp3) is 0.983. The molecule has 0 aliphatic rings. The summed E-state index contributed by atoms with van der Waals surface area (Å²) in [5.41, 5.74) is 0. The zero-order valence-electron chi connectivity index (χ0n) is 46.1. The largest absolute Gasteiger partial charge is 0.469 e. The molecule has 4 N–H and O–H groups in total. The van der Waals surface area contributed by atoms with E-state index in [2.05, 4.69) is 19.2 Å². The summed E-state index contributed by atoms with van der Waals surface area (Å²) in [4.78, 5) is 31.2. The molecule has 0 aliphatic heterocycles. The number of hydrogen-bond acceptors (Lipinski definition) is 4. The highest BCUT2D eigenvalue weighted by molar-refractivity contribution is 7.46. The van der Waals surface area contributed by atoms with Crippen LogP contribution in [0.5, 0.6) is 0 Å². The van der Waals surface area contributed by atoms with Gasteiger partial charge in [-0.1, -0.05) is 341 Å². The molecule has 0 fully saturated rings. The molecule has 0 spiro atoms. The van der Waals surface area contributed by atoms with E-state index >= 15 is 0 Å². The molecule has 0 radical (unpaired) electrons. The normalized spacial score (nSPS) is 12.8. The van der Waals surface area contributed by atoms with Crippen LogP contribution in [0.2, 0.25) is 0 Å². The van der Waals surface area contributed by atoms with Crippen molar-refractivity contribution in [3.8, 4) is 0 Å². The molecule has 0 heterocycles. The third-order valence-electron chi connectivity index (χ3n) is 14.8. The van der Waals surface area contributed by atoms with Crippen molar-refractivity contribution in [3.63, 3.8) is 0 Å². The lowest BCUT2D eigenvalue weighted by atomic mass is 10.0. The van der Waals surface area contributed by atoms with Gasteiger partial charge < -0.3 is 20.2 Å². The zero-order chi connectivity index (χ0) is 49.5. The van der Waals surface area contributed by atoms with E-state index in [0.29, 0.717) is 12.8 Å². The van der Waals surface area contributed by atoms with Gasteiger partial charge in [-0.25, -0.2) is 4.57 Å². The summed E-state index contributed by atoms with van der Waals surface area (Å²) in [6, 6.07) is -0.820. The van der Waals surface area contributed by atoms with Crippen LogP contribution in [0.1, 0.15) is 361 Å². The van der Waals surface area contributed by atoms with Crippen LogP contribution in [0.25, 0.3) is 0 Å². The second-order valence-electron chi connectivity index (χ2n) is 21.7. The van der Waals surface area contributed by atoms with Crippen LogP contribution >= 0.6 is 7.82 Å². The fourth-order valence-electron chi connectivity index (χ4n) is 10.2. The van der Waals surface area contributed by atoms with Gasteiger partial charge in [0.25, 0.3) is 0 Å². The molecule has 0 bridgehead atoms. The van der Waals surface area contributed by atoms with E-state index in [0.717, 1.165) is 38.5 Å². The lowest BCUT2D eigenvalue weighted by Gasteiger charge is -2.24. The van der Waals surface area contributed by atoms with Gasteiger partial charge in [-0.3, -0.25) is 9.32 Å². The van der Waals surface area contributed by atoms with E-state index < -0.39 is 26.6 Å².